The maximum absolute atomic E-state index is 12.9. The van der Waals surface area contributed by atoms with E-state index < -0.39 is 0 Å². The standard InChI is InChI=1S/C18H23ClN4O2/c1-4-23-17(16(19)13(2)20-23)18(24)22-11-9-21(10-12-22)14-5-7-15(25-3)8-6-14/h5-8H,4,9-12H2,1-3H3. The van der Waals surface area contributed by atoms with Crippen LogP contribution in [0.3, 0.4) is 0 Å². The Labute approximate surface area is 152 Å². The molecule has 2 aromatic rings. The molecule has 1 saturated heterocycles. The molecule has 25 heavy (non-hydrogen) atoms. The monoisotopic (exact) mass is 362 g/mol. The van der Waals surface area contributed by atoms with Crippen molar-refractivity contribution >= 4 is 23.2 Å². The number of rotatable bonds is 4. The number of carbonyl (C=O) groups is 1. The molecule has 6 nitrogen and oxygen atoms in total. The molecule has 1 amide bonds. The summed E-state index contributed by atoms with van der Waals surface area (Å²) in [5.41, 5.74) is 2.34. The van der Waals surface area contributed by atoms with Gasteiger partial charge in [0.05, 0.1) is 17.8 Å². The summed E-state index contributed by atoms with van der Waals surface area (Å²) in [5.74, 6) is 0.803. The van der Waals surface area contributed by atoms with Crippen molar-refractivity contribution < 1.29 is 9.53 Å². The third-order valence-corrected chi connectivity index (χ3v) is 5.01. The smallest absolute Gasteiger partial charge is 0.273 e. The van der Waals surface area contributed by atoms with E-state index in [1.54, 1.807) is 11.8 Å². The number of amides is 1. The third-order valence-electron chi connectivity index (χ3n) is 4.56. The second kappa shape index (κ2) is 7.35. The van der Waals surface area contributed by atoms with E-state index in [-0.39, 0.29) is 5.91 Å². The van der Waals surface area contributed by atoms with Gasteiger partial charge >= 0.3 is 0 Å². The first-order valence-electron chi connectivity index (χ1n) is 8.46. The lowest BCUT2D eigenvalue weighted by atomic mass is 10.2. The van der Waals surface area contributed by atoms with Crippen molar-refractivity contribution in [3.63, 3.8) is 0 Å². The summed E-state index contributed by atoms with van der Waals surface area (Å²) in [5, 5.41) is 4.80. The predicted octanol–water partition coefficient (Wildman–Crippen LogP) is 2.84. The Bertz CT molecular complexity index is 749. The van der Waals surface area contributed by atoms with Crippen LogP contribution in [-0.2, 0) is 6.54 Å². The van der Waals surface area contributed by atoms with E-state index in [1.165, 1.54) is 0 Å². The molecule has 0 N–H and O–H groups in total. The molecule has 1 aromatic heterocycles. The Morgan fingerprint density at radius 1 is 1.20 bits per heavy atom. The van der Waals surface area contributed by atoms with Gasteiger partial charge in [0.2, 0.25) is 0 Å². The van der Waals surface area contributed by atoms with Gasteiger partial charge in [-0.3, -0.25) is 9.48 Å². The number of ether oxygens (including phenoxy) is 1. The molecule has 0 spiro atoms. The maximum atomic E-state index is 12.9. The Kier molecular flexibility index (Phi) is 5.18. The summed E-state index contributed by atoms with van der Waals surface area (Å²) in [6.07, 6.45) is 0. The van der Waals surface area contributed by atoms with Crippen LogP contribution >= 0.6 is 11.6 Å². The van der Waals surface area contributed by atoms with Gasteiger partial charge in [-0.2, -0.15) is 5.10 Å². The maximum Gasteiger partial charge on any atom is 0.273 e. The summed E-state index contributed by atoms with van der Waals surface area (Å²) in [6.45, 7) is 7.31. The summed E-state index contributed by atoms with van der Waals surface area (Å²) < 4.78 is 6.89. The van der Waals surface area contributed by atoms with Crippen LogP contribution in [-0.4, -0.2) is 53.9 Å². The predicted molar refractivity (Wildman–Crippen MR) is 98.8 cm³/mol. The minimum Gasteiger partial charge on any atom is -0.497 e. The molecule has 2 heterocycles. The number of aryl methyl sites for hydroxylation is 2. The number of methoxy groups -OCH3 is 1. The van der Waals surface area contributed by atoms with Gasteiger partial charge in [0.15, 0.2) is 0 Å². The molecule has 0 bridgehead atoms. The van der Waals surface area contributed by atoms with Crippen LogP contribution in [0.2, 0.25) is 5.02 Å². The summed E-state index contributed by atoms with van der Waals surface area (Å²) in [4.78, 5) is 17.0. The molecule has 0 radical (unpaired) electrons. The van der Waals surface area contributed by atoms with E-state index in [9.17, 15) is 4.79 Å². The third kappa shape index (κ3) is 3.44. The first-order valence-corrected chi connectivity index (χ1v) is 8.84. The number of anilines is 1. The summed E-state index contributed by atoms with van der Waals surface area (Å²) in [7, 11) is 1.66. The fourth-order valence-corrected chi connectivity index (χ4v) is 3.32. The van der Waals surface area contributed by atoms with Crippen LogP contribution in [0.25, 0.3) is 0 Å². The molecule has 1 aliphatic heterocycles. The van der Waals surface area contributed by atoms with E-state index in [4.69, 9.17) is 16.3 Å². The van der Waals surface area contributed by atoms with Gasteiger partial charge < -0.3 is 14.5 Å². The average molecular weight is 363 g/mol. The zero-order valence-electron chi connectivity index (χ0n) is 14.8. The van der Waals surface area contributed by atoms with Gasteiger partial charge in [-0.25, -0.2) is 0 Å². The van der Waals surface area contributed by atoms with E-state index in [0.717, 1.165) is 24.5 Å². The lowest BCUT2D eigenvalue weighted by molar-refractivity contribution is 0.0734. The molecule has 1 fully saturated rings. The van der Waals surface area contributed by atoms with Crippen molar-refractivity contribution in [3.05, 3.63) is 40.7 Å². The lowest BCUT2D eigenvalue weighted by Gasteiger charge is -2.36. The van der Waals surface area contributed by atoms with Crippen LogP contribution in [0.5, 0.6) is 5.75 Å². The molecular formula is C18H23ClN4O2. The first-order chi connectivity index (χ1) is 12.0. The van der Waals surface area contributed by atoms with Gasteiger partial charge in [0.25, 0.3) is 5.91 Å². The first kappa shape index (κ1) is 17.6. The number of carbonyl (C=O) groups excluding carboxylic acids is 1. The molecule has 3 rings (SSSR count). The Morgan fingerprint density at radius 3 is 2.40 bits per heavy atom. The zero-order valence-corrected chi connectivity index (χ0v) is 15.6. The highest BCUT2D eigenvalue weighted by molar-refractivity contribution is 6.34. The number of nitrogens with zero attached hydrogens (tertiary/aromatic N) is 4. The van der Waals surface area contributed by atoms with E-state index >= 15 is 0 Å². The average Bonchev–Trinajstić information content (AvgIpc) is 2.95. The second-order valence-electron chi connectivity index (χ2n) is 6.04. The van der Waals surface area contributed by atoms with Crippen LogP contribution in [0.1, 0.15) is 23.1 Å². The molecular weight excluding hydrogens is 340 g/mol. The van der Waals surface area contributed by atoms with Crippen molar-refractivity contribution in [2.75, 3.05) is 38.2 Å². The molecule has 0 aliphatic carbocycles. The van der Waals surface area contributed by atoms with Gasteiger partial charge in [-0.1, -0.05) is 11.6 Å². The molecule has 1 aliphatic rings. The molecule has 1 aromatic carbocycles. The number of hydrogen-bond acceptors (Lipinski definition) is 4. The van der Waals surface area contributed by atoms with E-state index in [0.29, 0.717) is 36.0 Å². The SMILES string of the molecule is CCn1nc(C)c(Cl)c1C(=O)N1CCN(c2ccc(OC)cc2)CC1. The van der Waals surface area contributed by atoms with Crippen molar-refractivity contribution in [3.8, 4) is 5.75 Å². The van der Waals surface area contributed by atoms with Crippen molar-refractivity contribution in [2.24, 2.45) is 0 Å². The molecule has 0 atom stereocenters. The fraction of sp³-hybridized carbons (Fsp3) is 0.444. The highest BCUT2D eigenvalue weighted by Crippen LogP contribution is 2.24. The van der Waals surface area contributed by atoms with Crippen molar-refractivity contribution in [1.82, 2.24) is 14.7 Å². The zero-order chi connectivity index (χ0) is 18.0. The Hall–Kier alpha value is -2.21. The highest BCUT2D eigenvalue weighted by Gasteiger charge is 2.27. The van der Waals surface area contributed by atoms with E-state index in [2.05, 4.69) is 10.00 Å². The Morgan fingerprint density at radius 2 is 1.84 bits per heavy atom. The van der Waals surface area contributed by atoms with E-state index in [1.807, 2.05) is 43.0 Å². The summed E-state index contributed by atoms with van der Waals surface area (Å²) in [6, 6.07) is 8.00. The van der Waals surface area contributed by atoms with Crippen molar-refractivity contribution in [2.45, 2.75) is 20.4 Å². The highest BCUT2D eigenvalue weighted by atomic mass is 35.5. The normalized spacial score (nSPS) is 14.7. The van der Waals surface area contributed by atoms with Gasteiger partial charge in [0, 0.05) is 38.4 Å². The quantitative estimate of drug-likeness (QED) is 0.839. The van der Waals surface area contributed by atoms with Gasteiger partial charge in [0.1, 0.15) is 11.4 Å². The van der Waals surface area contributed by atoms with Gasteiger partial charge in [-0.05, 0) is 38.1 Å². The number of aromatic nitrogens is 2. The molecule has 7 heteroatoms. The van der Waals surface area contributed by atoms with Gasteiger partial charge in [-0.15, -0.1) is 0 Å². The topological polar surface area (TPSA) is 50.6 Å². The minimum atomic E-state index is -0.0400. The van der Waals surface area contributed by atoms with Crippen LogP contribution < -0.4 is 9.64 Å². The Balaban J connectivity index is 1.68. The number of piperazine rings is 1. The van der Waals surface area contributed by atoms with Crippen LogP contribution in [0.4, 0.5) is 5.69 Å². The molecule has 0 saturated carbocycles. The minimum absolute atomic E-state index is 0.0400. The van der Waals surface area contributed by atoms with Crippen LogP contribution in [0, 0.1) is 6.92 Å². The largest absolute Gasteiger partial charge is 0.497 e. The number of benzene rings is 1. The number of hydrogen-bond donors (Lipinski definition) is 0. The second-order valence-corrected chi connectivity index (χ2v) is 6.42. The molecule has 0 unspecified atom stereocenters. The van der Waals surface area contributed by atoms with Crippen LogP contribution in [0.15, 0.2) is 24.3 Å². The van der Waals surface area contributed by atoms with Crippen molar-refractivity contribution in [1.29, 1.82) is 0 Å². The molecule has 134 valence electrons. The summed E-state index contributed by atoms with van der Waals surface area (Å²) >= 11 is 6.31. The lowest BCUT2D eigenvalue weighted by Crippen LogP contribution is -2.49. The fourth-order valence-electron chi connectivity index (χ4n) is 3.10. The number of halogens is 1.